The van der Waals surface area contributed by atoms with Gasteiger partial charge in [-0.3, -0.25) is 4.79 Å². The van der Waals surface area contributed by atoms with Gasteiger partial charge in [-0.1, -0.05) is 11.6 Å². The van der Waals surface area contributed by atoms with Crippen LogP contribution in [0.2, 0.25) is 4.34 Å². The third kappa shape index (κ3) is 3.66. The number of nitrogens with one attached hydrogen (secondary N) is 1. The maximum absolute atomic E-state index is 11.9. The van der Waals surface area contributed by atoms with E-state index in [1.54, 1.807) is 12.1 Å². The molecule has 1 unspecified atom stereocenters. The van der Waals surface area contributed by atoms with Gasteiger partial charge in [0.05, 0.1) is 11.4 Å². The van der Waals surface area contributed by atoms with Gasteiger partial charge in [-0.05, 0) is 12.1 Å². The first-order chi connectivity index (χ1) is 9.60. The van der Waals surface area contributed by atoms with Crippen LogP contribution in [0.15, 0.2) is 24.5 Å². The molecule has 0 saturated carbocycles. The van der Waals surface area contributed by atoms with E-state index in [9.17, 15) is 9.90 Å². The maximum atomic E-state index is 11.9. The van der Waals surface area contributed by atoms with Gasteiger partial charge in [0.1, 0.15) is 18.1 Å². The van der Waals surface area contributed by atoms with Crippen LogP contribution in [0.4, 0.5) is 0 Å². The Labute approximate surface area is 124 Å². The molecule has 2 aromatic heterocycles. The maximum Gasteiger partial charge on any atom is 0.270 e. The zero-order chi connectivity index (χ0) is 14.5. The Balaban J connectivity index is 1.94. The normalized spacial score (nSPS) is 11.9. The molecular formula is C12H12ClN3O3S. The van der Waals surface area contributed by atoms with Gasteiger partial charge < -0.3 is 15.2 Å². The Morgan fingerprint density at radius 2 is 2.35 bits per heavy atom. The first-order valence-electron chi connectivity index (χ1n) is 5.67. The van der Waals surface area contributed by atoms with Crippen molar-refractivity contribution in [3.05, 3.63) is 39.4 Å². The van der Waals surface area contributed by atoms with Gasteiger partial charge in [0, 0.05) is 17.5 Å². The second-order valence-corrected chi connectivity index (χ2v) is 5.56. The number of ether oxygens (including phenoxy) is 1. The van der Waals surface area contributed by atoms with Crippen molar-refractivity contribution in [1.29, 1.82) is 0 Å². The molecule has 0 bridgehead atoms. The average Bonchev–Trinajstić information content (AvgIpc) is 2.91. The Bertz CT molecular complexity index is 605. The van der Waals surface area contributed by atoms with Crippen molar-refractivity contribution in [2.24, 2.45) is 0 Å². The van der Waals surface area contributed by atoms with Crippen molar-refractivity contribution in [1.82, 2.24) is 15.3 Å². The van der Waals surface area contributed by atoms with Gasteiger partial charge in [-0.25, -0.2) is 9.97 Å². The Morgan fingerprint density at radius 1 is 1.55 bits per heavy atom. The monoisotopic (exact) mass is 313 g/mol. The number of aliphatic hydroxyl groups excluding tert-OH is 1. The lowest BCUT2D eigenvalue weighted by Crippen LogP contribution is -2.28. The summed E-state index contributed by atoms with van der Waals surface area (Å²) >= 11 is 7.05. The van der Waals surface area contributed by atoms with Gasteiger partial charge in [-0.15, -0.1) is 11.3 Å². The van der Waals surface area contributed by atoms with Crippen molar-refractivity contribution in [2.45, 2.75) is 6.10 Å². The number of thiophene rings is 1. The number of hydrogen-bond donors (Lipinski definition) is 2. The fraction of sp³-hybridized carbons (Fsp3) is 0.250. The summed E-state index contributed by atoms with van der Waals surface area (Å²) in [6, 6.07) is 4.84. The molecule has 2 N–H and O–H groups in total. The van der Waals surface area contributed by atoms with Crippen LogP contribution in [0.3, 0.4) is 0 Å². The van der Waals surface area contributed by atoms with E-state index in [0.29, 0.717) is 15.1 Å². The van der Waals surface area contributed by atoms with Gasteiger partial charge in [-0.2, -0.15) is 0 Å². The van der Waals surface area contributed by atoms with E-state index in [0.717, 1.165) is 0 Å². The molecule has 0 aliphatic carbocycles. The first kappa shape index (κ1) is 14.7. The van der Waals surface area contributed by atoms with Crippen LogP contribution < -0.4 is 10.1 Å². The molecule has 0 aromatic carbocycles. The second-order valence-electron chi connectivity index (χ2n) is 3.81. The molecule has 1 atom stereocenters. The van der Waals surface area contributed by atoms with Crippen LogP contribution in [-0.2, 0) is 0 Å². The highest BCUT2D eigenvalue weighted by atomic mass is 35.5. The highest BCUT2D eigenvalue weighted by molar-refractivity contribution is 7.16. The average molecular weight is 314 g/mol. The van der Waals surface area contributed by atoms with Crippen LogP contribution in [0, 0.1) is 0 Å². The van der Waals surface area contributed by atoms with E-state index >= 15 is 0 Å². The topological polar surface area (TPSA) is 84.3 Å². The Kier molecular flexibility index (Phi) is 4.89. The minimum absolute atomic E-state index is 0.0714. The van der Waals surface area contributed by atoms with Crippen molar-refractivity contribution in [3.63, 3.8) is 0 Å². The van der Waals surface area contributed by atoms with E-state index in [-0.39, 0.29) is 12.2 Å². The summed E-state index contributed by atoms with van der Waals surface area (Å²) in [6.45, 7) is 0.0714. The Hall–Kier alpha value is -1.70. The van der Waals surface area contributed by atoms with Crippen LogP contribution in [0.1, 0.15) is 21.5 Å². The van der Waals surface area contributed by atoms with Crippen LogP contribution in [0.25, 0.3) is 0 Å². The molecule has 0 spiro atoms. The van der Waals surface area contributed by atoms with Gasteiger partial charge >= 0.3 is 0 Å². The van der Waals surface area contributed by atoms with Crippen molar-refractivity contribution < 1.29 is 14.6 Å². The third-order valence-corrected chi connectivity index (χ3v) is 3.79. The summed E-state index contributed by atoms with van der Waals surface area (Å²) in [7, 11) is 1.45. The molecule has 0 radical (unpaired) electrons. The summed E-state index contributed by atoms with van der Waals surface area (Å²) < 4.78 is 5.50. The summed E-state index contributed by atoms with van der Waals surface area (Å²) in [4.78, 5) is 20.2. The summed E-state index contributed by atoms with van der Waals surface area (Å²) in [6.07, 6.45) is 0.434. The lowest BCUT2D eigenvalue weighted by molar-refractivity contribution is 0.0912. The smallest absolute Gasteiger partial charge is 0.270 e. The minimum atomic E-state index is -0.805. The quantitative estimate of drug-likeness (QED) is 0.877. The molecule has 106 valence electrons. The number of aliphatic hydroxyl groups is 1. The van der Waals surface area contributed by atoms with Crippen molar-refractivity contribution >= 4 is 28.8 Å². The molecule has 0 saturated heterocycles. The van der Waals surface area contributed by atoms with Crippen molar-refractivity contribution in [2.75, 3.05) is 13.7 Å². The van der Waals surface area contributed by atoms with E-state index in [1.807, 2.05) is 0 Å². The summed E-state index contributed by atoms with van der Waals surface area (Å²) in [5, 5.41) is 12.5. The molecular weight excluding hydrogens is 302 g/mol. The highest BCUT2D eigenvalue weighted by Crippen LogP contribution is 2.26. The molecule has 6 nitrogen and oxygen atoms in total. The van der Waals surface area contributed by atoms with E-state index in [4.69, 9.17) is 16.3 Å². The number of rotatable bonds is 5. The zero-order valence-corrected chi connectivity index (χ0v) is 12.1. The van der Waals surface area contributed by atoms with E-state index in [1.165, 1.54) is 30.8 Å². The number of hydrogen-bond acceptors (Lipinski definition) is 6. The van der Waals surface area contributed by atoms with Crippen LogP contribution >= 0.6 is 22.9 Å². The number of carbonyl (C=O) groups excluding carboxylic acids is 1. The molecule has 2 aromatic rings. The standard InChI is InChI=1S/C12H12ClN3O3S/c1-19-11-4-7(15-6-16-11)12(18)14-5-8(17)9-2-3-10(13)20-9/h2-4,6,8,17H,5H2,1H3,(H,14,18). The minimum Gasteiger partial charge on any atom is -0.481 e. The predicted molar refractivity (Wildman–Crippen MR) is 75.2 cm³/mol. The molecule has 0 fully saturated rings. The second kappa shape index (κ2) is 6.65. The number of methoxy groups -OCH3 is 1. The SMILES string of the molecule is COc1cc(C(=O)NCC(O)c2ccc(Cl)s2)ncn1. The third-order valence-electron chi connectivity index (χ3n) is 2.46. The fourth-order valence-electron chi connectivity index (χ4n) is 1.46. The lowest BCUT2D eigenvalue weighted by Gasteiger charge is -2.10. The molecule has 0 aliphatic rings. The highest BCUT2D eigenvalue weighted by Gasteiger charge is 2.14. The summed E-state index contributed by atoms with van der Waals surface area (Å²) in [5.41, 5.74) is 0.174. The molecule has 0 aliphatic heterocycles. The van der Waals surface area contributed by atoms with E-state index < -0.39 is 12.0 Å². The number of aromatic nitrogens is 2. The number of halogens is 1. The van der Waals surface area contributed by atoms with Crippen LogP contribution in [0.5, 0.6) is 5.88 Å². The molecule has 2 rings (SSSR count). The zero-order valence-electron chi connectivity index (χ0n) is 10.5. The van der Waals surface area contributed by atoms with Gasteiger partial charge in [0.2, 0.25) is 5.88 Å². The molecule has 20 heavy (non-hydrogen) atoms. The molecule has 1 amide bonds. The first-order valence-corrected chi connectivity index (χ1v) is 6.87. The largest absolute Gasteiger partial charge is 0.481 e. The summed E-state index contributed by atoms with van der Waals surface area (Å²) in [5.74, 6) is -0.108. The van der Waals surface area contributed by atoms with Gasteiger partial charge in [0.15, 0.2) is 0 Å². The number of carbonyl (C=O) groups is 1. The van der Waals surface area contributed by atoms with E-state index in [2.05, 4.69) is 15.3 Å². The lowest BCUT2D eigenvalue weighted by atomic mass is 10.3. The number of nitrogens with zero attached hydrogens (tertiary/aromatic N) is 2. The van der Waals surface area contributed by atoms with Crippen LogP contribution in [-0.4, -0.2) is 34.6 Å². The fourth-order valence-corrected chi connectivity index (χ4v) is 2.51. The predicted octanol–water partition coefficient (Wildman–Crippen LogP) is 1.66. The van der Waals surface area contributed by atoms with Gasteiger partial charge in [0.25, 0.3) is 5.91 Å². The molecule has 2 heterocycles. The number of amides is 1. The van der Waals surface area contributed by atoms with Crippen molar-refractivity contribution in [3.8, 4) is 5.88 Å². The Morgan fingerprint density at radius 3 is 3.00 bits per heavy atom. The molecule has 8 heteroatoms.